The number of halogens is 1. The van der Waals surface area contributed by atoms with Crippen molar-refractivity contribution >= 4 is 28.4 Å². The van der Waals surface area contributed by atoms with Gasteiger partial charge in [0, 0.05) is 36.7 Å². The summed E-state index contributed by atoms with van der Waals surface area (Å²) in [6, 6.07) is 10.9. The van der Waals surface area contributed by atoms with Gasteiger partial charge < -0.3 is 10.1 Å². The number of imidazole rings is 1. The zero-order valence-electron chi connectivity index (χ0n) is 15.7. The van der Waals surface area contributed by atoms with Gasteiger partial charge in [-0.1, -0.05) is 11.6 Å². The highest BCUT2D eigenvalue weighted by molar-refractivity contribution is 6.35. The molecule has 7 nitrogen and oxygen atoms in total. The minimum atomic E-state index is -0.235. The molecule has 0 aliphatic heterocycles. The molecule has 4 rings (SSSR count). The molecule has 0 bridgehead atoms. The van der Waals surface area contributed by atoms with Crippen LogP contribution in [-0.4, -0.2) is 32.0 Å². The molecule has 1 amide bonds. The van der Waals surface area contributed by atoms with Crippen LogP contribution in [0.5, 0.6) is 5.75 Å². The second-order valence-corrected chi connectivity index (χ2v) is 6.78. The molecule has 0 saturated carbocycles. The summed E-state index contributed by atoms with van der Waals surface area (Å²) in [6.45, 7) is 2.15. The van der Waals surface area contributed by atoms with Gasteiger partial charge in [0.1, 0.15) is 22.9 Å². The van der Waals surface area contributed by atoms with E-state index in [0.29, 0.717) is 22.8 Å². The monoisotopic (exact) mass is 407 g/mol. The second-order valence-electron chi connectivity index (χ2n) is 6.38. The van der Waals surface area contributed by atoms with E-state index in [4.69, 9.17) is 16.3 Å². The van der Waals surface area contributed by atoms with Crippen LogP contribution in [0.25, 0.3) is 16.7 Å². The molecule has 0 saturated heterocycles. The summed E-state index contributed by atoms with van der Waals surface area (Å²) in [5, 5.41) is 4.23. The number of hydrogen-bond donors (Lipinski definition) is 1. The maximum atomic E-state index is 12.2. The molecule has 0 aliphatic carbocycles. The Morgan fingerprint density at radius 1 is 1.14 bits per heavy atom. The Kier molecular flexibility index (Phi) is 5.39. The van der Waals surface area contributed by atoms with Crippen LogP contribution in [0.1, 0.15) is 11.4 Å². The van der Waals surface area contributed by atoms with Gasteiger partial charge >= 0.3 is 0 Å². The maximum Gasteiger partial charge on any atom is 0.258 e. The van der Waals surface area contributed by atoms with Gasteiger partial charge in [-0.15, -0.1) is 0 Å². The van der Waals surface area contributed by atoms with E-state index in [2.05, 4.69) is 20.3 Å². The summed E-state index contributed by atoms with van der Waals surface area (Å²) in [6.07, 6.45) is 6.93. The number of nitrogens with zero attached hydrogens (tertiary/aromatic N) is 4. The number of rotatable bonds is 6. The third-order valence-corrected chi connectivity index (χ3v) is 4.74. The third-order valence-electron chi connectivity index (χ3n) is 4.41. The molecule has 3 aromatic heterocycles. The molecule has 0 spiro atoms. The van der Waals surface area contributed by atoms with E-state index < -0.39 is 0 Å². The number of carbonyl (C=O) groups excluding carboxylic acids is 1. The van der Waals surface area contributed by atoms with E-state index in [-0.39, 0.29) is 12.5 Å². The molecule has 0 unspecified atom stereocenters. The van der Waals surface area contributed by atoms with Gasteiger partial charge in [0.25, 0.3) is 5.91 Å². The van der Waals surface area contributed by atoms with Crippen molar-refractivity contribution < 1.29 is 9.53 Å². The van der Waals surface area contributed by atoms with Crippen LogP contribution in [0.15, 0.2) is 61.2 Å². The van der Waals surface area contributed by atoms with Gasteiger partial charge in [-0.2, -0.15) is 0 Å². The van der Waals surface area contributed by atoms with Crippen LogP contribution >= 0.6 is 11.6 Å². The first-order valence-corrected chi connectivity index (χ1v) is 9.37. The summed E-state index contributed by atoms with van der Waals surface area (Å²) in [4.78, 5) is 25.1. The number of aryl methyl sites for hydroxylation is 1. The number of nitrogens with one attached hydrogen (secondary N) is 1. The molecule has 0 atom stereocenters. The lowest BCUT2D eigenvalue weighted by Gasteiger charge is -2.11. The quantitative estimate of drug-likeness (QED) is 0.529. The molecular formula is C21H18ClN5O2. The lowest BCUT2D eigenvalue weighted by molar-refractivity contribution is -0.123. The zero-order valence-corrected chi connectivity index (χ0v) is 16.4. The Morgan fingerprint density at radius 3 is 2.86 bits per heavy atom. The van der Waals surface area contributed by atoms with Crippen LogP contribution in [-0.2, 0) is 11.3 Å². The van der Waals surface area contributed by atoms with Crippen molar-refractivity contribution in [2.45, 2.75) is 13.5 Å². The number of benzene rings is 1. The largest absolute Gasteiger partial charge is 0.481 e. The van der Waals surface area contributed by atoms with E-state index in [1.54, 1.807) is 36.8 Å². The first-order chi connectivity index (χ1) is 14.1. The van der Waals surface area contributed by atoms with Gasteiger partial charge in [0.05, 0.1) is 5.02 Å². The molecule has 1 N–H and O–H groups in total. The van der Waals surface area contributed by atoms with Crippen molar-refractivity contribution in [1.82, 2.24) is 24.8 Å². The minimum absolute atomic E-state index is 0.119. The average molecular weight is 408 g/mol. The summed E-state index contributed by atoms with van der Waals surface area (Å²) < 4.78 is 7.55. The highest BCUT2D eigenvalue weighted by atomic mass is 35.5. The van der Waals surface area contributed by atoms with Crippen molar-refractivity contribution in [2.75, 3.05) is 6.61 Å². The number of aromatic nitrogens is 4. The van der Waals surface area contributed by atoms with Crippen LogP contribution in [0, 0.1) is 6.92 Å². The van der Waals surface area contributed by atoms with Crippen molar-refractivity contribution in [1.29, 1.82) is 0 Å². The molecule has 29 heavy (non-hydrogen) atoms. The Balaban J connectivity index is 1.38. The Morgan fingerprint density at radius 2 is 2.03 bits per heavy atom. The Labute approximate surface area is 172 Å². The molecule has 1 aromatic carbocycles. The smallest absolute Gasteiger partial charge is 0.258 e. The van der Waals surface area contributed by atoms with E-state index in [9.17, 15) is 4.79 Å². The van der Waals surface area contributed by atoms with Crippen molar-refractivity contribution in [2.24, 2.45) is 0 Å². The van der Waals surface area contributed by atoms with E-state index in [1.165, 1.54) is 0 Å². The van der Waals surface area contributed by atoms with Gasteiger partial charge in [-0.25, -0.2) is 9.97 Å². The Bertz CT molecular complexity index is 1170. The molecule has 8 heteroatoms. The summed E-state index contributed by atoms with van der Waals surface area (Å²) in [5.41, 5.74) is 1.55. The number of hydrogen-bond acceptors (Lipinski definition) is 5. The van der Waals surface area contributed by atoms with Crippen LogP contribution in [0.2, 0.25) is 5.02 Å². The van der Waals surface area contributed by atoms with Crippen molar-refractivity contribution in [3.63, 3.8) is 0 Å². The highest BCUT2D eigenvalue weighted by Crippen LogP contribution is 2.29. The predicted octanol–water partition coefficient (Wildman–Crippen LogP) is 3.47. The standard InChI is InChI=1S/C21H18ClN5O2/c1-14-23-9-10-27(14)19-11-15(6-8-24-19)12-26-20(28)13-29-18-5-4-17(22)16-3-2-7-25-21(16)18/h2-11H,12-13H2,1H3,(H,26,28). The average Bonchev–Trinajstić information content (AvgIpc) is 3.18. The van der Waals surface area contributed by atoms with E-state index in [0.717, 1.165) is 22.6 Å². The lowest BCUT2D eigenvalue weighted by Crippen LogP contribution is -2.28. The summed E-state index contributed by atoms with van der Waals surface area (Å²) >= 11 is 6.18. The van der Waals surface area contributed by atoms with Gasteiger partial charge in [0.2, 0.25) is 0 Å². The summed E-state index contributed by atoms with van der Waals surface area (Å²) in [5.74, 6) is 1.88. The number of fused-ring (bicyclic) bond motifs is 1. The van der Waals surface area contributed by atoms with Crippen molar-refractivity contribution in [3.05, 3.63) is 77.6 Å². The SMILES string of the molecule is Cc1nccn1-c1cc(CNC(=O)COc2ccc(Cl)c3cccnc23)ccn1. The molecule has 4 aromatic rings. The highest BCUT2D eigenvalue weighted by Gasteiger charge is 2.10. The zero-order chi connectivity index (χ0) is 20.2. The number of ether oxygens (including phenoxy) is 1. The minimum Gasteiger partial charge on any atom is -0.481 e. The van der Waals surface area contributed by atoms with Gasteiger partial charge in [-0.05, 0) is 48.9 Å². The maximum absolute atomic E-state index is 12.2. The third kappa shape index (κ3) is 4.20. The van der Waals surface area contributed by atoms with E-state index in [1.807, 2.05) is 35.9 Å². The number of pyridine rings is 2. The Hall–Kier alpha value is -3.45. The molecule has 3 heterocycles. The molecule has 0 fully saturated rings. The van der Waals surface area contributed by atoms with Crippen LogP contribution in [0.3, 0.4) is 0 Å². The number of carbonyl (C=O) groups is 1. The van der Waals surface area contributed by atoms with Gasteiger partial charge in [0.15, 0.2) is 6.61 Å². The van der Waals surface area contributed by atoms with Crippen LogP contribution in [0.4, 0.5) is 0 Å². The first-order valence-electron chi connectivity index (χ1n) is 9.00. The fourth-order valence-electron chi connectivity index (χ4n) is 2.95. The fourth-order valence-corrected chi connectivity index (χ4v) is 3.16. The molecule has 146 valence electrons. The summed E-state index contributed by atoms with van der Waals surface area (Å²) in [7, 11) is 0. The molecular weight excluding hydrogens is 390 g/mol. The molecule has 0 aliphatic rings. The van der Waals surface area contributed by atoms with Crippen LogP contribution < -0.4 is 10.1 Å². The van der Waals surface area contributed by atoms with E-state index >= 15 is 0 Å². The topological polar surface area (TPSA) is 81.9 Å². The second kappa shape index (κ2) is 8.28. The fraction of sp³-hybridized carbons (Fsp3) is 0.143. The normalized spacial score (nSPS) is 10.8. The van der Waals surface area contributed by atoms with Gasteiger partial charge in [-0.3, -0.25) is 14.3 Å². The predicted molar refractivity (Wildman–Crippen MR) is 110 cm³/mol. The van der Waals surface area contributed by atoms with Crippen molar-refractivity contribution in [3.8, 4) is 11.6 Å². The number of amides is 1. The first kappa shape index (κ1) is 18.9. The molecule has 0 radical (unpaired) electrons. The lowest BCUT2D eigenvalue weighted by atomic mass is 10.2.